The van der Waals surface area contributed by atoms with Crippen molar-refractivity contribution in [1.82, 2.24) is 9.55 Å². The standard InChI is InChI=1S/C34H31ClN2O5S.ClH/c1-43(40,41)29-16-17-30(22-7-12-26(35)13-8-22)25(19-29)21-42-28-14-9-23(10-15-28)33-36-31-20-24(34(38)39)11-18-32(31)37(33)27-5-3-2-4-6-27;/h7-20,27H,2-6,21H2,1H3,(H,38,39);1H. The third-order valence-electron chi connectivity index (χ3n) is 8.04. The summed E-state index contributed by atoms with van der Waals surface area (Å²) in [7, 11) is -3.40. The molecule has 10 heteroatoms. The number of ether oxygens (including phenoxy) is 1. The number of fused-ring (bicyclic) bond motifs is 1. The summed E-state index contributed by atoms with van der Waals surface area (Å²) < 4.78 is 33.0. The second-order valence-electron chi connectivity index (χ2n) is 11.0. The monoisotopic (exact) mass is 650 g/mol. The largest absolute Gasteiger partial charge is 0.489 e. The number of carboxylic acid groups (broad SMARTS) is 1. The summed E-state index contributed by atoms with van der Waals surface area (Å²) in [5, 5.41) is 10.1. The zero-order valence-electron chi connectivity index (χ0n) is 24.1. The van der Waals surface area contributed by atoms with Crippen molar-refractivity contribution < 1.29 is 23.1 Å². The molecule has 5 aromatic rings. The Labute approximate surface area is 267 Å². The van der Waals surface area contributed by atoms with Gasteiger partial charge in [-0.25, -0.2) is 18.2 Å². The van der Waals surface area contributed by atoms with E-state index in [4.69, 9.17) is 21.3 Å². The number of halogens is 2. The summed E-state index contributed by atoms with van der Waals surface area (Å²) in [4.78, 5) is 16.7. The van der Waals surface area contributed by atoms with Gasteiger partial charge in [-0.2, -0.15) is 0 Å². The van der Waals surface area contributed by atoms with Crippen molar-refractivity contribution in [2.45, 2.75) is 49.6 Å². The van der Waals surface area contributed by atoms with Crippen LogP contribution >= 0.6 is 24.0 Å². The van der Waals surface area contributed by atoms with Crippen molar-refractivity contribution in [1.29, 1.82) is 0 Å². The van der Waals surface area contributed by atoms with Crippen LogP contribution < -0.4 is 4.74 Å². The Kier molecular flexibility index (Phi) is 9.34. The van der Waals surface area contributed by atoms with E-state index >= 15 is 0 Å². The highest BCUT2D eigenvalue weighted by Gasteiger charge is 2.23. The summed E-state index contributed by atoms with van der Waals surface area (Å²) in [6.07, 6.45) is 6.84. The molecular weight excluding hydrogens is 619 g/mol. The maximum absolute atomic E-state index is 12.3. The van der Waals surface area contributed by atoms with E-state index in [0.717, 1.165) is 59.3 Å². The molecule has 0 saturated heterocycles. The zero-order chi connectivity index (χ0) is 30.1. The lowest BCUT2D eigenvalue weighted by Gasteiger charge is -2.25. The third kappa shape index (κ3) is 6.62. The van der Waals surface area contributed by atoms with Gasteiger partial charge in [0.25, 0.3) is 0 Å². The van der Waals surface area contributed by atoms with Gasteiger partial charge in [0.2, 0.25) is 0 Å². The van der Waals surface area contributed by atoms with Crippen molar-refractivity contribution in [3.63, 3.8) is 0 Å². The molecule has 44 heavy (non-hydrogen) atoms. The van der Waals surface area contributed by atoms with Crippen molar-refractivity contribution >= 4 is 50.8 Å². The molecule has 1 saturated carbocycles. The van der Waals surface area contributed by atoms with Gasteiger partial charge in [0.15, 0.2) is 9.84 Å². The molecule has 7 nitrogen and oxygen atoms in total. The molecule has 0 radical (unpaired) electrons. The van der Waals surface area contributed by atoms with Gasteiger partial charge in [0.05, 0.1) is 21.5 Å². The lowest BCUT2D eigenvalue weighted by atomic mass is 9.95. The van der Waals surface area contributed by atoms with Crippen LogP contribution in [0.4, 0.5) is 0 Å². The number of hydrogen-bond donors (Lipinski definition) is 1. The minimum Gasteiger partial charge on any atom is -0.489 e. The van der Waals surface area contributed by atoms with Crippen molar-refractivity contribution in [2.75, 3.05) is 6.26 Å². The van der Waals surface area contributed by atoms with E-state index in [9.17, 15) is 18.3 Å². The molecule has 0 spiro atoms. The number of aromatic nitrogens is 2. The van der Waals surface area contributed by atoms with Crippen LogP contribution in [0.2, 0.25) is 5.02 Å². The third-order valence-corrected chi connectivity index (χ3v) is 9.41. The maximum atomic E-state index is 12.3. The number of nitrogens with zero attached hydrogens (tertiary/aromatic N) is 2. The molecule has 0 amide bonds. The maximum Gasteiger partial charge on any atom is 0.335 e. The van der Waals surface area contributed by atoms with Gasteiger partial charge in [-0.05, 0) is 96.3 Å². The molecular formula is C34H32Cl2N2O5S. The fourth-order valence-corrected chi connectivity index (χ4v) is 6.63. The number of aromatic carboxylic acids is 1. The van der Waals surface area contributed by atoms with Crippen LogP contribution in [0.5, 0.6) is 5.75 Å². The first-order valence-corrected chi connectivity index (χ1v) is 16.5. The number of hydrogen-bond acceptors (Lipinski definition) is 5. The Hall–Kier alpha value is -3.85. The Bertz CT molecular complexity index is 1910. The summed E-state index contributed by atoms with van der Waals surface area (Å²) >= 11 is 6.08. The molecule has 1 N–H and O–H groups in total. The lowest BCUT2D eigenvalue weighted by molar-refractivity contribution is 0.0697. The second kappa shape index (κ2) is 13.0. The summed E-state index contributed by atoms with van der Waals surface area (Å²) in [6, 6.07) is 25.6. The minimum absolute atomic E-state index is 0. The number of rotatable bonds is 8. The first-order valence-electron chi connectivity index (χ1n) is 14.2. The number of carbonyl (C=O) groups is 1. The first-order chi connectivity index (χ1) is 20.7. The number of sulfone groups is 1. The van der Waals surface area contributed by atoms with Crippen molar-refractivity contribution in [3.05, 3.63) is 101 Å². The van der Waals surface area contributed by atoms with E-state index in [1.165, 1.54) is 12.7 Å². The molecule has 0 atom stereocenters. The molecule has 0 bridgehead atoms. The predicted octanol–water partition coefficient (Wildman–Crippen LogP) is 8.63. The van der Waals surface area contributed by atoms with Crippen LogP contribution in [0.3, 0.4) is 0 Å². The smallest absolute Gasteiger partial charge is 0.335 e. The van der Waals surface area contributed by atoms with Crippen LogP contribution in [0, 0.1) is 0 Å². The highest BCUT2D eigenvalue weighted by atomic mass is 35.5. The zero-order valence-corrected chi connectivity index (χ0v) is 26.5. The van der Waals surface area contributed by atoms with Crippen LogP contribution in [-0.4, -0.2) is 35.3 Å². The van der Waals surface area contributed by atoms with Crippen molar-refractivity contribution in [2.24, 2.45) is 0 Å². The van der Waals surface area contributed by atoms with Crippen LogP contribution in [0.15, 0.2) is 89.8 Å². The predicted molar refractivity (Wildman–Crippen MR) is 176 cm³/mol. The lowest BCUT2D eigenvalue weighted by Crippen LogP contribution is -2.14. The Morgan fingerprint density at radius 1 is 0.932 bits per heavy atom. The summed E-state index contributed by atoms with van der Waals surface area (Å²) in [5.74, 6) is 0.462. The molecule has 4 aromatic carbocycles. The van der Waals surface area contributed by atoms with E-state index in [2.05, 4.69) is 4.57 Å². The molecule has 0 aliphatic heterocycles. The Morgan fingerprint density at radius 2 is 1.61 bits per heavy atom. The van der Waals surface area contributed by atoms with Gasteiger partial charge in [-0.3, -0.25) is 0 Å². The van der Waals surface area contributed by atoms with E-state index in [-0.39, 0.29) is 29.5 Å². The van der Waals surface area contributed by atoms with Gasteiger partial charge >= 0.3 is 5.97 Å². The summed E-state index contributed by atoms with van der Waals surface area (Å²) in [5.41, 5.74) is 5.24. The van der Waals surface area contributed by atoms with Crippen LogP contribution in [0.1, 0.15) is 54.1 Å². The Morgan fingerprint density at radius 3 is 2.27 bits per heavy atom. The molecule has 1 fully saturated rings. The molecule has 0 unspecified atom stereocenters. The fraction of sp³-hybridized carbons (Fsp3) is 0.235. The highest BCUT2D eigenvalue weighted by molar-refractivity contribution is 7.90. The SMILES string of the molecule is CS(=O)(=O)c1ccc(-c2ccc(Cl)cc2)c(COc2ccc(-c3nc4cc(C(=O)O)ccc4n3C3CCCCC3)cc2)c1.Cl. The topological polar surface area (TPSA) is 98.5 Å². The van der Waals surface area contributed by atoms with Gasteiger partial charge < -0.3 is 14.4 Å². The minimum atomic E-state index is -3.40. The van der Waals surface area contributed by atoms with Crippen LogP contribution in [0.25, 0.3) is 33.5 Å². The van der Waals surface area contributed by atoms with Gasteiger partial charge in [-0.15, -0.1) is 12.4 Å². The average Bonchev–Trinajstić information content (AvgIpc) is 3.39. The molecule has 1 aromatic heterocycles. The molecule has 1 aliphatic carbocycles. The van der Waals surface area contributed by atoms with Gasteiger partial charge in [-0.1, -0.05) is 49.1 Å². The van der Waals surface area contributed by atoms with E-state index in [1.54, 1.807) is 42.5 Å². The fourth-order valence-electron chi connectivity index (χ4n) is 5.84. The average molecular weight is 652 g/mol. The second-order valence-corrected chi connectivity index (χ2v) is 13.5. The normalized spacial score (nSPS) is 13.9. The highest BCUT2D eigenvalue weighted by Crippen LogP contribution is 2.37. The Balaban J connectivity index is 0.00000384. The van der Waals surface area contributed by atoms with Gasteiger partial charge in [0.1, 0.15) is 18.2 Å². The quantitative estimate of drug-likeness (QED) is 0.180. The molecule has 6 rings (SSSR count). The van der Waals surface area contributed by atoms with Crippen molar-refractivity contribution in [3.8, 4) is 28.3 Å². The molecule has 1 aliphatic rings. The van der Waals surface area contributed by atoms with Gasteiger partial charge in [0, 0.05) is 22.9 Å². The van der Waals surface area contributed by atoms with E-state index in [1.807, 2.05) is 42.5 Å². The number of carboxylic acids is 1. The first kappa shape index (κ1) is 31.6. The molecule has 228 valence electrons. The molecule has 1 heterocycles. The van der Waals surface area contributed by atoms with Crippen LogP contribution in [-0.2, 0) is 16.4 Å². The number of imidazole rings is 1. The number of benzene rings is 4. The van der Waals surface area contributed by atoms with E-state index < -0.39 is 15.8 Å². The van der Waals surface area contributed by atoms with E-state index in [0.29, 0.717) is 22.3 Å². The summed E-state index contributed by atoms with van der Waals surface area (Å²) in [6.45, 7) is 0.166.